The molecule has 2 aromatic rings. The molecule has 0 bridgehead atoms. The molecule has 5 nitrogen and oxygen atoms in total. The van der Waals surface area contributed by atoms with Gasteiger partial charge in [-0.2, -0.15) is 18.2 Å². The average molecular weight is 494 g/mol. The minimum Gasteiger partial charge on any atom is -0.398 e. The van der Waals surface area contributed by atoms with Gasteiger partial charge in [0.2, 0.25) is 0 Å². The standard InChI is InChI=1S/C24H31N4.C7H13N.Li/c25-23-11-10-20(16-22(23)19-8-9-19)28-13-3-12-27(14-15-28)17-26-24-5-2-1-4-21(24)18-6-7-18;1-3-8-6-4-5-7(8)2;/h2,4-5,10-11,16,18-19,26H,3,6-9,12-15,17,25H2;7H,1-6H2;/q-1;-2;+1/t;7-;/m.0./s1. The molecule has 2 aromatic carbocycles. The van der Waals surface area contributed by atoms with E-state index in [-0.39, 0.29) is 18.9 Å². The summed E-state index contributed by atoms with van der Waals surface area (Å²) in [5, 5.41) is 3.70. The van der Waals surface area contributed by atoms with Crippen molar-refractivity contribution in [1.82, 2.24) is 9.80 Å². The van der Waals surface area contributed by atoms with Gasteiger partial charge >= 0.3 is 18.9 Å². The van der Waals surface area contributed by atoms with Crippen LogP contribution < -0.4 is 34.8 Å². The summed E-state index contributed by atoms with van der Waals surface area (Å²) in [6.45, 7) is 15.3. The van der Waals surface area contributed by atoms with E-state index in [1.54, 1.807) is 0 Å². The Bertz CT molecular complexity index is 989. The zero-order valence-corrected chi connectivity index (χ0v) is 22.9. The van der Waals surface area contributed by atoms with Crippen molar-refractivity contribution in [2.24, 2.45) is 0 Å². The van der Waals surface area contributed by atoms with Gasteiger partial charge in [-0.05, 0) is 61.9 Å². The molecule has 2 aliphatic heterocycles. The monoisotopic (exact) mass is 493 g/mol. The molecule has 37 heavy (non-hydrogen) atoms. The van der Waals surface area contributed by atoms with E-state index in [2.05, 4.69) is 70.3 Å². The molecule has 3 N–H and O–H groups in total. The molecular formula is C31H44LiN5-2. The van der Waals surface area contributed by atoms with Crippen molar-refractivity contribution in [3.8, 4) is 0 Å². The van der Waals surface area contributed by atoms with Crippen LogP contribution in [0.1, 0.15) is 67.9 Å². The number of anilines is 3. The van der Waals surface area contributed by atoms with E-state index in [1.807, 2.05) is 6.07 Å². The number of rotatable bonds is 7. The van der Waals surface area contributed by atoms with Crippen molar-refractivity contribution in [1.29, 1.82) is 0 Å². The van der Waals surface area contributed by atoms with E-state index in [1.165, 1.54) is 74.0 Å². The molecule has 4 fully saturated rings. The fourth-order valence-electron chi connectivity index (χ4n) is 5.62. The van der Waals surface area contributed by atoms with E-state index in [0.717, 1.165) is 51.0 Å². The largest absolute Gasteiger partial charge is 1.00 e. The van der Waals surface area contributed by atoms with Crippen LogP contribution in [-0.4, -0.2) is 61.8 Å². The number of nitrogens with one attached hydrogen (secondary N) is 1. The number of benzene rings is 2. The SMILES string of the molecule is Nc1ccc(N2CCCN(CNc3cc[c-]cc3C3CC3)CC2)cc1C1CC1.[CH2-]CN1CCC[C@@H]1[CH2-].[Li+]. The smallest absolute Gasteiger partial charge is 0.398 e. The summed E-state index contributed by atoms with van der Waals surface area (Å²) in [7, 11) is 0. The van der Waals surface area contributed by atoms with Gasteiger partial charge in [0.15, 0.2) is 0 Å². The van der Waals surface area contributed by atoms with Crippen molar-refractivity contribution >= 4 is 17.1 Å². The molecule has 0 radical (unpaired) electrons. The van der Waals surface area contributed by atoms with Gasteiger partial charge in [0.1, 0.15) is 0 Å². The predicted molar refractivity (Wildman–Crippen MR) is 152 cm³/mol. The molecule has 0 spiro atoms. The maximum absolute atomic E-state index is 6.21. The molecule has 2 heterocycles. The summed E-state index contributed by atoms with van der Waals surface area (Å²) in [4.78, 5) is 7.39. The van der Waals surface area contributed by atoms with Crippen LogP contribution in [-0.2, 0) is 0 Å². The molecule has 0 amide bonds. The first-order valence-corrected chi connectivity index (χ1v) is 14.1. The second-order valence-electron chi connectivity index (χ2n) is 11.0. The molecule has 0 aromatic heterocycles. The number of hydrogen-bond acceptors (Lipinski definition) is 5. The van der Waals surface area contributed by atoms with Crippen LogP contribution >= 0.6 is 0 Å². The summed E-state index contributed by atoms with van der Waals surface area (Å²) in [5.74, 6) is 1.46. The van der Waals surface area contributed by atoms with Gasteiger partial charge in [-0.1, -0.05) is 30.9 Å². The normalized spacial score (nSPS) is 22.5. The van der Waals surface area contributed by atoms with Crippen LogP contribution in [0.2, 0.25) is 0 Å². The first kappa shape index (κ1) is 28.4. The quantitative estimate of drug-likeness (QED) is 0.353. The molecule has 1 atom stereocenters. The van der Waals surface area contributed by atoms with E-state index >= 15 is 0 Å². The molecular weight excluding hydrogens is 449 g/mol. The van der Waals surface area contributed by atoms with Crippen molar-refractivity contribution in [2.75, 3.05) is 61.9 Å². The van der Waals surface area contributed by atoms with Gasteiger partial charge < -0.3 is 34.7 Å². The number of hydrogen-bond donors (Lipinski definition) is 2. The minimum absolute atomic E-state index is 0. The summed E-state index contributed by atoms with van der Waals surface area (Å²) in [6, 6.07) is 16.8. The van der Waals surface area contributed by atoms with Gasteiger partial charge in [-0.25, -0.2) is 0 Å². The predicted octanol–water partition coefficient (Wildman–Crippen LogP) is 2.53. The van der Waals surface area contributed by atoms with Crippen LogP contribution in [0.4, 0.5) is 17.1 Å². The molecule has 6 rings (SSSR count). The first-order chi connectivity index (χ1) is 17.6. The van der Waals surface area contributed by atoms with Crippen LogP contribution in [0.15, 0.2) is 36.4 Å². The van der Waals surface area contributed by atoms with E-state index in [9.17, 15) is 0 Å². The van der Waals surface area contributed by atoms with Crippen molar-refractivity contribution in [2.45, 2.75) is 62.8 Å². The van der Waals surface area contributed by atoms with Crippen molar-refractivity contribution < 1.29 is 18.9 Å². The number of nitrogens with two attached hydrogens (primary N) is 1. The molecule has 2 saturated carbocycles. The molecule has 2 aliphatic carbocycles. The Morgan fingerprint density at radius 1 is 0.919 bits per heavy atom. The maximum atomic E-state index is 6.21. The van der Waals surface area contributed by atoms with E-state index in [0.29, 0.717) is 12.0 Å². The number of nitrogen functional groups attached to an aromatic ring is 1. The van der Waals surface area contributed by atoms with Gasteiger partial charge in [0.25, 0.3) is 0 Å². The Morgan fingerprint density at radius 3 is 2.38 bits per heavy atom. The maximum Gasteiger partial charge on any atom is 1.00 e. The summed E-state index contributed by atoms with van der Waals surface area (Å²) >= 11 is 0. The summed E-state index contributed by atoms with van der Waals surface area (Å²) in [5.41, 5.74) is 12.6. The van der Waals surface area contributed by atoms with Gasteiger partial charge in [-0.15, -0.1) is 24.2 Å². The Labute approximate surface area is 237 Å². The summed E-state index contributed by atoms with van der Waals surface area (Å²) < 4.78 is 0. The molecule has 0 unspecified atom stereocenters. The van der Waals surface area contributed by atoms with Crippen LogP contribution in [0.3, 0.4) is 0 Å². The molecule has 2 saturated heterocycles. The average Bonchev–Trinajstić information content (AvgIpc) is 3.81. The fourth-order valence-corrected chi connectivity index (χ4v) is 5.62. The van der Waals surface area contributed by atoms with E-state index in [4.69, 9.17) is 5.73 Å². The van der Waals surface area contributed by atoms with Crippen LogP contribution in [0.25, 0.3) is 0 Å². The van der Waals surface area contributed by atoms with Gasteiger partial charge in [-0.3, -0.25) is 4.90 Å². The van der Waals surface area contributed by atoms with Crippen molar-refractivity contribution in [3.63, 3.8) is 0 Å². The first-order valence-electron chi connectivity index (χ1n) is 14.1. The van der Waals surface area contributed by atoms with Gasteiger partial charge in [0.05, 0.1) is 6.67 Å². The topological polar surface area (TPSA) is 47.8 Å². The molecule has 4 aliphatic rings. The Hall–Kier alpha value is -1.64. The van der Waals surface area contributed by atoms with Crippen LogP contribution in [0.5, 0.6) is 0 Å². The third-order valence-corrected chi connectivity index (χ3v) is 8.23. The van der Waals surface area contributed by atoms with E-state index < -0.39 is 0 Å². The Balaban J connectivity index is 0.000000307. The van der Waals surface area contributed by atoms with Gasteiger partial charge in [0, 0.05) is 37.6 Å². The Morgan fingerprint density at radius 2 is 1.70 bits per heavy atom. The minimum atomic E-state index is 0. The number of nitrogens with zero attached hydrogens (tertiary/aromatic N) is 3. The van der Waals surface area contributed by atoms with Crippen LogP contribution in [0, 0.1) is 19.9 Å². The fraction of sp³-hybridized carbons (Fsp3) is 0.548. The third kappa shape index (κ3) is 7.70. The second kappa shape index (κ2) is 13.4. The zero-order chi connectivity index (χ0) is 24.9. The number of likely N-dealkylation sites (tertiary alicyclic amines) is 1. The summed E-state index contributed by atoms with van der Waals surface area (Å²) in [6.07, 6.45) is 9.02. The molecule has 6 heteroatoms. The molecule has 196 valence electrons. The zero-order valence-electron chi connectivity index (χ0n) is 22.9. The second-order valence-corrected chi connectivity index (χ2v) is 11.0. The van der Waals surface area contributed by atoms with Crippen molar-refractivity contribution in [3.05, 3.63) is 67.4 Å². The Kier molecular flexibility index (Phi) is 10.3. The third-order valence-electron chi connectivity index (χ3n) is 8.23.